The van der Waals surface area contributed by atoms with E-state index in [1.54, 1.807) is 0 Å². The molecule has 0 radical (unpaired) electrons. The summed E-state index contributed by atoms with van der Waals surface area (Å²) in [5.74, 6) is 0. The molecule has 3 nitrogen and oxygen atoms in total. The summed E-state index contributed by atoms with van der Waals surface area (Å²) in [6, 6.07) is 109. The first-order valence-electron chi connectivity index (χ1n) is 25.5. The van der Waals surface area contributed by atoms with Crippen molar-refractivity contribution in [2.75, 3.05) is 14.7 Å². The molecule has 12 aromatic rings. The van der Waals surface area contributed by atoms with Gasteiger partial charge in [0.25, 0.3) is 0 Å². The molecule has 14 rings (SSSR count). The van der Waals surface area contributed by atoms with Gasteiger partial charge in [-0.1, -0.05) is 206 Å². The number of hydrogen-bond donors (Lipinski definition) is 0. The van der Waals surface area contributed by atoms with Crippen LogP contribution in [-0.4, -0.2) is 0 Å². The predicted molar refractivity (Wildman–Crippen MR) is 310 cm³/mol. The fourth-order valence-corrected chi connectivity index (χ4v) is 12.0. The number of fused-ring (bicyclic) bond motifs is 10. The topological polar surface area (TPSA) is 9.72 Å². The largest absolute Gasteiger partial charge is 0.311 e. The lowest BCUT2D eigenvalue weighted by Gasteiger charge is -2.45. The average Bonchev–Trinajstić information content (AvgIpc) is 3.79. The second-order valence-corrected chi connectivity index (χ2v) is 19.2. The third-order valence-corrected chi connectivity index (χ3v) is 15.2. The average molecular weight is 944 g/mol. The van der Waals surface area contributed by atoms with Crippen LogP contribution in [0.1, 0.15) is 22.3 Å². The summed E-state index contributed by atoms with van der Waals surface area (Å²) in [5, 5.41) is 2.44. The smallest absolute Gasteiger partial charge is 0.0755 e. The van der Waals surface area contributed by atoms with Crippen LogP contribution in [0.4, 0.5) is 51.2 Å². The highest BCUT2D eigenvalue weighted by Crippen LogP contribution is 2.64. The third-order valence-electron chi connectivity index (χ3n) is 15.2. The first kappa shape index (κ1) is 43.1. The van der Waals surface area contributed by atoms with E-state index in [-0.39, 0.29) is 0 Å². The van der Waals surface area contributed by atoms with Crippen molar-refractivity contribution in [3.05, 3.63) is 320 Å². The van der Waals surface area contributed by atoms with Crippen LogP contribution in [0.15, 0.2) is 297 Å². The molecule has 0 fully saturated rings. The molecule has 1 spiro atoms. The summed E-state index contributed by atoms with van der Waals surface area (Å²) in [5.41, 5.74) is 21.8. The molecule has 0 atom stereocenters. The Balaban J connectivity index is 0.913. The lowest BCUT2D eigenvalue weighted by molar-refractivity contribution is 0.753. The summed E-state index contributed by atoms with van der Waals surface area (Å²) in [6.45, 7) is 0. The molecule has 74 heavy (non-hydrogen) atoms. The molecule has 1 aliphatic carbocycles. The Bertz CT molecular complexity index is 3910. The number of rotatable bonds is 9. The highest BCUT2D eigenvalue weighted by atomic mass is 15.2. The van der Waals surface area contributed by atoms with E-state index in [0.29, 0.717) is 0 Å². The second kappa shape index (κ2) is 17.9. The summed E-state index contributed by atoms with van der Waals surface area (Å²) >= 11 is 0. The van der Waals surface area contributed by atoms with Crippen molar-refractivity contribution >= 4 is 62.0 Å². The third kappa shape index (κ3) is 6.97. The van der Waals surface area contributed by atoms with Gasteiger partial charge in [-0.05, 0) is 152 Å². The van der Waals surface area contributed by atoms with E-state index in [0.717, 1.165) is 45.3 Å². The van der Waals surface area contributed by atoms with Crippen molar-refractivity contribution in [1.82, 2.24) is 0 Å². The zero-order chi connectivity index (χ0) is 49.0. The standard InChI is InChI=1S/C71H49N3/c1-4-19-50(20-5-1)51-35-43-58(44-36-51)73(59-45-39-53(40-46-59)52-37-41-57(42-38-52)72(55-23-6-2-7-24-55)56-25-8-3-9-26-56)60-47-48-63-62-28-12-13-29-64(62)71(67(63)49-60)65-30-14-16-32-69(65)74(70-33-17-15-31-66(70)71)68-34-18-22-54-21-10-11-27-61(54)68/h1-49H. The van der Waals surface area contributed by atoms with Crippen LogP contribution in [0.3, 0.4) is 0 Å². The van der Waals surface area contributed by atoms with Crippen molar-refractivity contribution in [3.63, 3.8) is 0 Å². The quantitative estimate of drug-likeness (QED) is 0.143. The Kier molecular flexibility index (Phi) is 10.4. The first-order valence-corrected chi connectivity index (χ1v) is 25.5. The Morgan fingerprint density at radius 3 is 1.19 bits per heavy atom. The Labute approximate surface area is 432 Å². The summed E-state index contributed by atoms with van der Waals surface area (Å²) in [4.78, 5) is 7.24. The Morgan fingerprint density at radius 2 is 0.622 bits per heavy atom. The molecule has 348 valence electrons. The monoisotopic (exact) mass is 943 g/mol. The van der Waals surface area contributed by atoms with Crippen LogP contribution >= 0.6 is 0 Å². The van der Waals surface area contributed by atoms with E-state index in [4.69, 9.17) is 0 Å². The van der Waals surface area contributed by atoms with Crippen LogP contribution in [0, 0.1) is 0 Å². The lowest BCUT2D eigenvalue weighted by Crippen LogP contribution is -2.36. The van der Waals surface area contributed by atoms with E-state index < -0.39 is 5.41 Å². The molecule has 1 aliphatic heterocycles. The molecular weight excluding hydrogens is 895 g/mol. The van der Waals surface area contributed by atoms with Gasteiger partial charge in [-0.3, -0.25) is 0 Å². The van der Waals surface area contributed by atoms with Gasteiger partial charge in [-0.15, -0.1) is 0 Å². The fourth-order valence-electron chi connectivity index (χ4n) is 12.0. The predicted octanol–water partition coefficient (Wildman–Crippen LogP) is 19.3. The maximum atomic E-state index is 2.50. The molecule has 0 aromatic heterocycles. The van der Waals surface area contributed by atoms with Gasteiger partial charge in [-0.2, -0.15) is 0 Å². The fraction of sp³-hybridized carbons (Fsp3) is 0.0141. The van der Waals surface area contributed by atoms with E-state index in [1.165, 1.54) is 72.3 Å². The molecule has 1 heterocycles. The number of benzene rings is 12. The molecular formula is C71H49N3. The minimum absolute atomic E-state index is 0.605. The van der Waals surface area contributed by atoms with Crippen LogP contribution in [0.2, 0.25) is 0 Å². The highest BCUT2D eigenvalue weighted by molar-refractivity contribution is 6.03. The van der Waals surface area contributed by atoms with Gasteiger partial charge >= 0.3 is 0 Å². The van der Waals surface area contributed by atoms with Gasteiger partial charge in [0.1, 0.15) is 0 Å². The van der Waals surface area contributed by atoms with Gasteiger partial charge in [0, 0.05) is 39.5 Å². The van der Waals surface area contributed by atoms with Gasteiger partial charge in [0.2, 0.25) is 0 Å². The molecule has 0 bridgehead atoms. The second-order valence-electron chi connectivity index (χ2n) is 19.2. The van der Waals surface area contributed by atoms with Crippen LogP contribution in [0.25, 0.3) is 44.2 Å². The van der Waals surface area contributed by atoms with Gasteiger partial charge in [0.05, 0.1) is 22.5 Å². The van der Waals surface area contributed by atoms with Gasteiger partial charge < -0.3 is 14.7 Å². The van der Waals surface area contributed by atoms with E-state index in [2.05, 4.69) is 312 Å². The molecule has 0 saturated heterocycles. The van der Waals surface area contributed by atoms with Crippen molar-refractivity contribution < 1.29 is 0 Å². The summed E-state index contributed by atoms with van der Waals surface area (Å²) in [7, 11) is 0. The van der Waals surface area contributed by atoms with Crippen LogP contribution < -0.4 is 14.7 Å². The normalized spacial score (nSPS) is 12.7. The minimum atomic E-state index is -0.605. The van der Waals surface area contributed by atoms with Crippen molar-refractivity contribution in [1.29, 1.82) is 0 Å². The minimum Gasteiger partial charge on any atom is -0.311 e. The van der Waals surface area contributed by atoms with E-state index in [9.17, 15) is 0 Å². The molecule has 3 heteroatoms. The number of anilines is 9. The molecule has 12 aromatic carbocycles. The molecule has 0 unspecified atom stereocenters. The SMILES string of the molecule is c1ccc(-c2ccc(N(c3ccc(-c4ccc(N(c5ccccc5)c5ccccc5)cc4)cc3)c3ccc4c(c3)C3(c5ccccc5-4)c4ccccc4N(c4cccc5ccccc45)c4ccccc43)cc2)cc1. The number of para-hydroxylation sites is 4. The van der Waals surface area contributed by atoms with Gasteiger partial charge in [-0.25, -0.2) is 0 Å². The van der Waals surface area contributed by atoms with E-state index in [1.807, 2.05) is 0 Å². The Hall–Kier alpha value is -9.70. The maximum Gasteiger partial charge on any atom is 0.0755 e. The molecule has 0 saturated carbocycles. The summed E-state index contributed by atoms with van der Waals surface area (Å²) < 4.78 is 0. The number of hydrogen-bond acceptors (Lipinski definition) is 3. The molecule has 2 aliphatic rings. The van der Waals surface area contributed by atoms with Crippen molar-refractivity contribution in [2.24, 2.45) is 0 Å². The zero-order valence-corrected chi connectivity index (χ0v) is 40.6. The maximum absolute atomic E-state index is 2.50. The molecule has 0 amide bonds. The Morgan fingerprint density at radius 1 is 0.243 bits per heavy atom. The van der Waals surface area contributed by atoms with E-state index >= 15 is 0 Å². The first-order chi connectivity index (χ1) is 36.7. The van der Waals surface area contributed by atoms with Crippen LogP contribution in [-0.2, 0) is 5.41 Å². The number of nitrogens with zero attached hydrogens (tertiary/aromatic N) is 3. The molecule has 0 N–H and O–H groups in total. The van der Waals surface area contributed by atoms with Crippen LogP contribution in [0.5, 0.6) is 0 Å². The lowest BCUT2D eigenvalue weighted by atomic mass is 9.64. The van der Waals surface area contributed by atoms with Crippen molar-refractivity contribution in [3.8, 4) is 33.4 Å². The summed E-state index contributed by atoms with van der Waals surface area (Å²) in [6.07, 6.45) is 0. The van der Waals surface area contributed by atoms with Gasteiger partial charge in [0.15, 0.2) is 0 Å². The zero-order valence-electron chi connectivity index (χ0n) is 40.6. The van der Waals surface area contributed by atoms with Crippen molar-refractivity contribution in [2.45, 2.75) is 5.41 Å². The highest BCUT2D eigenvalue weighted by Gasteiger charge is 2.52.